The van der Waals surface area contributed by atoms with Crippen LogP contribution >= 0.6 is 11.8 Å². The Morgan fingerprint density at radius 2 is 1.90 bits per heavy atom. The van der Waals surface area contributed by atoms with Gasteiger partial charge in [0.2, 0.25) is 11.0 Å². The maximum Gasteiger partial charge on any atom is 0.212 e. The molecule has 0 saturated carbocycles. The number of hydrogen-bond donors (Lipinski definition) is 2. The number of nitrogens with one attached hydrogen (secondary N) is 2. The van der Waals surface area contributed by atoms with E-state index < -0.39 is 0 Å². The van der Waals surface area contributed by atoms with Gasteiger partial charge in [0.15, 0.2) is 0 Å². The topological polar surface area (TPSA) is 74.7 Å². The number of H-pyrrole nitrogens is 2. The first-order chi connectivity index (χ1) is 14.3. The van der Waals surface area contributed by atoms with E-state index in [0.29, 0.717) is 5.82 Å². The lowest BCUT2D eigenvalue weighted by atomic mass is 10.2. The number of nitrogens with zero attached hydrogens (tertiary/aromatic N) is 4. The Kier molecular flexibility index (Phi) is 4.50. The summed E-state index contributed by atoms with van der Waals surface area (Å²) in [6.07, 6.45) is 5.64. The van der Waals surface area contributed by atoms with E-state index in [2.05, 4.69) is 44.9 Å². The van der Waals surface area contributed by atoms with Crippen molar-refractivity contribution in [1.29, 1.82) is 0 Å². The lowest BCUT2D eigenvalue weighted by Gasteiger charge is -2.02. The van der Waals surface area contributed by atoms with Crippen molar-refractivity contribution in [3.05, 3.63) is 79.0 Å². The summed E-state index contributed by atoms with van der Waals surface area (Å²) in [4.78, 5) is 6.69. The van der Waals surface area contributed by atoms with E-state index in [1.54, 1.807) is 16.4 Å². The Bertz CT molecular complexity index is 1310. The van der Waals surface area contributed by atoms with Crippen molar-refractivity contribution in [1.82, 2.24) is 24.8 Å². The third-order valence-corrected chi connectivity index (χ3v) is 5.56. The zero-order chi connectivity index (χ0) is 19.6. The third kappa shape index (κ3) is 3.25. The molecule has 0 amide bonds. The van der Waals surface area contributed by atoms with Gasteiger partial charge in [-0.15, -0.1) is 16.8 Å². The van der Waals surface area contributed by atoms with Gasteiger partial charge < -0.3 is 9.97 Å². The minimum atomic E-state index is 0.670. The predicted molar refractivity (Wildman–Crippen MR) is 120 cm³/mol. The van der Waals surface area contributed by atoms with E-state index in [9.17, 15) is 0 Å². The van der Waals surface area contributed by atoms with Crippen LogP contribution in [0, 0.1) is 0 Å². The van der Waals surface area contributed by atoms with Gasteiger partial charge in [-0.05, 0) is 18.2 Å². The number of aromatic nitrogens is 5. The first kappa shape index (κ1) is 17.5. The maximum atomic E-state index is 4.73. The van der Waals surface area contributed by atoms with E-state index in [0.717, 1.165) is 44.0 Å². The Hall–Kier alpha value is -3.58. The molecule has 29 heavy (non-hydrogen) atoms. The largest absolute Gasteiger partial charge is 0.361 e. The van der Waals surface area contributed by atoms with Gasteiger partial charge in [0.05, 0.1) is 11.9 Å². The average Bonchev–Trinajstić information content (AvgIpc) is 3.46. The molecular formula is C22H18N6S. The van der Waals surface area contributed by atoms with Crippen LogP contribution in [0.3, 0.4) is 0 Å². The fourth-order valence-corrected chi connectivity index (χ4v) is 3.90. The van der Waals surface area contributed by atoms with Gasteiger partial charge in [0.25, 0.3) is 0 Å². The van der Waals surface area contributed by atoms with Crippen molar-refractivity contribution >= 4 is 39.8 Å². The summed E-state index contributed by atoms with van der Waals surface area (Å²) in [6.45, 7) is 3.79. The Balaban J connectivity index is 1.59. The molecule has 3 heterocycles. The van der Waals surface area contributed by atoms with Crippen LogP contribution < -0.4 is 0 Å². The highest BCUT2D eigenvalue weighted by atomic mass is 32.2. The van der Waals surface area contributed by atoms with Gasteiger partial charge in [-0.3, -0.25) is 0 Å². The van der Waals surface area contributed by atoms with Gasteiger partial charge in [-0.25, -0.2) is 0 Å². The number of hydrogen-bond acceptors (Lipinski definition) is 4. The van der Waals surface area contributed by atoms with Gasteiger partial charge in [0, 0.05) is 39.3 Å². The number of benzene rings is 2. The molecule has 5 rings (SSSR count). The molecule has 3 aromatic heterocycles. The summed E-state index contributed by atoms with van der Waals surface area (Å²) in [5.74, 6) is 1.40. The molecule has 0 fully saturated rings. The fourth-order valence-electron chi connectivity index (χ4n) is 3.28. The summed E-state index contributed by atoms with van der Waals surface area (Å²) < 4.78 is 1.78. The Labute approximate surface area is 171 Å². The molecule has 0 unspecified atom stereocenters. The molecule has 0 saturated heterocycles. The second-order valence-electron chi connectivity index (χ2n) is 6.52. The number of para-hydroxylation sites is 2. The van der Waals surface area contributed by atoms with Crippen LogP contribution in [0.5, 0.6) is 0 Å². The van der Waals surface area contributed by atoms with Crippen LogP contribution in [0.15, 0.2) is 83.7 Å². The fraction of sp³-hybridized carbons (Fsp3) is 0.0455. The molecule has 0 spiro atoms. The smallest absolute Gasteiger partial charge is 0.212 e. The minimum Gasteiger partial charge on any atom is -0.361 e. The molecular weight excluding hydrogens is 380 g/mol. The Morgan fingerprint density at radius 3 is 2.76 bits per heavy atom. The van der Waals surface area contributed by atoms with Gasteiger partial charge in [0.1, 0.15) is 0 Å². The lowest BCUT2D eigenvalue weighted by Crippen LogP contribution is -1.97. The molecule has 2 N–H and O–H groups in total. The second-order valence-corrected chi connectivity index (χ2v) is 7.51. The van der Waals surface area contributed by atoms with Crippen LogP contribution in [0.25, 0.3) is 33.3 Å². The third-order valence-electron chi connectivity index (χ3n) is 4.65. The zero-order valence-electron chi connectivity index (χ0n) is 15.5. The van der Waals surface area contributed by atoms with Crippen molar-refractivity contribution < 1.29 is 0 Å². The molecule has 0 aliphatic carbocycles. The molecule has 5 aromatic rings. The molecule has 0 aliphatic rings. The first-order valence-corrected chi connectivity index (χ1v) is 10.2. The van der Waals surface area contributed by atoms with E-state index in [1.165, 1.54) is 0 Å². The number of rotatable bonds is 6. The normalized spacial score (nSPS) is 11.7. The molecule has 0 bridgehead atoms. The summed E-state index contributed by atoms with van der Waals surface area (Å²) in [5.41, 5.74) is 4.02. The van der Waals surface area contributed by atoms with Crippen molar-refractivity contribution in [2.24, 2.45) is 5.10 Å². The lowest BCUT2D eigenvalue weighted by molar-refractivity contribution is 0.772. The molecule has 2 aromatic carbocycles. The quantitative estimate of drug-likeness (QED) is 0.238. The summed E-state index contributed by atoms with van der Waals surface area (Å²) in [5, 5.41) is 16.4. The number of aromatic amines is 2. The summed E-state index contributed by atoms with van der Waals surface area (Å²) in [7, 11) is 0. The van der Waals surface area contributed by atoms with E-state index in [4.69, 9.17) is 5.10 Å². The van der Waals surface area contributed by atoms with Crippen molar-refractivity contribution in [3.63, 3.8) is 0 Å². The summed E-state index contributed by atoms with van der Waals surface area (Å²) in [6, 6.07) is 18.4. The van der Waals surface area contributed by atoms with Crippen molar-refractivity contribution in [2.75, 3.05) is 5.75 Å². The highest BCUT2D eigenvalue weighted by Gasteiger charge is 2.16. The number of fused-ring (bicyclic) bond motifs is 2. The maximum absolute atomic E-state index is 4.73. The van der Waals surface area contributed by atoms with Crippen molar-refractivity contribution in [3.8, 4) is 11.5 Å². The Morgan fingerprint density at radius 1 is 1.07 bits per heavy atom. The molecule has 7 heteroatoms. The standard InChI is InChI=1S/C22H18N6S/c1-2-11-29-22-27-26-21(20-12-15-7-3-5-9-18(15)25-20)28(22)24-14-16-13-23-19-10-6-4-8-17(16)19/h2-10,12-14,23,25H,1,11H2/b24-14+. The summed E-state index contributed by atoms with van der Waals surface area (Å²) >= 11 is 1.55. The number of thioether (sulfide) groups is 1. The monoisotopic (exact) mass is 398 g/mol. The van der Waals surface area contributed by atoms with E-state index >= 15 is 0 Å². The van der Waals surface area contributed by atoms with Gasteiger partial charge in [-0.1, -0.05) is 54.2 Å². The van der Waals surface area contributed by atoms with Crippen molar-refractivity contribution in [2.45, 2.75) is 5.16 Å². The predicted octanol–water partition coefficient (Wildman–Crippen LogP) is 5.07. The van der Waals surface area contributed by atoms with Gasteiger partial charge in [-0.2, -0.15) is 9.78 Å². The van der Waals surface area contributed by atoms with Crippen LogP contribution in [-0.2, 0) is 0 Å². The molecule has 6 nitrogen and oxygen atoms in total. The minimum absolute atomic E-state index is 0.670. The molecule has 0 atom stereocenters. The SMILES string of the molecule is C=CCSc1nnc(-c2cc3ccccc3[nH]2)n1/N=C/c1c[nH]c2ccccc12. The van der Waals surface area contributed by atoms with Crippen LogP contribution in [-0.4, -0.2) is 36.8 Å². The van der Waals surface area contributed by atoms with Gasteiger partial charge >= 0.3 is 0 Å². The van der Waals surface area contributed by atoms with Crippen LogP contribution in [0.2, 0.25) is 0 Å². The highest BCUT2D eigenvalue weighted by Crippen LogP contribution is 2.27. The molecule has 0 aliphatic heterocycles. The molecule has 0 radical (unpaired) electrons. The second kappa shape index (κ2) is 7.44. The van der Waals surface area contributed by atoms with E-state index in [-0.39, 0.29) is 0 Å². The highest BCUT2D eigenvalue weighted by molar-refractivity contribution is 7.99. The van der Waals surface area contributed by atoms with Crippen LogP contribution in [0.4, 0.5) is 0 Å². The van der Waals surface area contributed by atoms with E-state index in [1.807, 2.05) is 54.9 Å². The average molecular weight is 398 g/mol. The van der Waals surface area contributed by atoms with Crippen LogP contribution in [0.1, 0.15) is 5.56 Å². The zero-order valence-corrected chi connectivity index (χ0v) is 16.4. The molecule has 142 valence electrons. The first-order valence-electron chi connectivity index (χ1n) is 9.21.